The van der Waals surface area contributed by atoms with Crippen LogP contribution in [0.4, 0.5) is 0 Å². The first-order valence-electron chi connectivity index (χ1n) is 7.65. The molecule has 1 aromatic rings. The molecular formula is C16H26N2O2. The Labute approximate surface area is 121 Å². The van der Waals surface area contributed by atoms with Crippen LogP contribution in [0, 0.1) is 6.92 Å². The Balaban J connectivity index is 1.98. The molecular weight excluding hydrogens is 252 g/mol. The molecule has 112 valence electrons. The molecule has 2 N–H and O–H groups in total. The van der Waals surface area contributed by atoms with Crippen molar-refractivity contribution in [1.82, 2.24) is 10.3 Å². The van der Waals surface area contributed by atoms with Gasteiger partial charge in [0.1, 0.15) is 12.4 Å². The number of aryl methyl sites for hydroxylation is 1. The normalized spacial score (nSPS) is 17.4. The zero-order chi connectivity index (χ0) is 14.4. The molecule has 0 radical (unpaired) electrons. The Hall–Kier alpha value is -1.13. The van der Waals surface area contributed by atoms with Crippen LogP contribution < -0.4 is 10.1 Å². The quantitative estimate of drug-likeness (QED) is 0.753. The van der Waals surface area contributed by atoms with Crippen molar-refractivity contribution in [2.45, 2.75) is 58.1 Å². The summed E-state index contributed by atoms with van der Waals surface area (Å²) < 4.78 is 5.86. The molecule has 0 aliphatic heterocycles. The maximum Gasteiger partial charge on any atom is 0.142 e. The first kappa shape index (κ1) is 15.3. The third-order valence-corrected chi connectivity index (χ3v) is 3.82. The average Bonchev–Trinajstić information content (AvgIpc) is 2.85. The highest BCUT2D eigenvalue weighted by atomic mass is 16.5. The van der Waals surface area contributed by atoms with E-state index in [2.05, 4.69) is 17.2 Å². The number of rotatable bonds is 7. The lowest BCUT2D eigenvalue weighted by atomic mass is 10.0. The number of hydrogen-bond donors (Lipinski definition) is 2. The van der Waals surface area contributed by atoms with E-state index in [9.17, 15) is 5.11 Å². The lowest BCUT2D eigenvalue weighted by molar-refractivity contribution is 0.000975. The minimum atomic E-state index is -0.640. The number of nitrogens with one attached hydrogen (secondary N) is 1. The number of nitrogens with zero attached hydrogens (tertiary/aromatic N) is 1. The zero-order valence-electron chi connectivity index (χ0n) is 12.6. The number of pyridine rings is 1. The standard InChI is InChI=1S/C16H26N2O2/c1-3-10-17-11-14-15(7-6-13(2)18-14)20-12-16(19)8-4-5-9-16/h6-7,17,19H,3-5,8-12H2,1-2H3. The first-order chi connectivity index (χ1) is 9.63. The summed E-state index contributed by atoms with van der Waals surface area (Å²) >= 11 is 0. The highest BCUT2D eigenvalue weighted by molar-refractivity contribution is 5.29. The molecule has 1 aliphatic carbocycles. The first-order valence-corrected chi connectivity index (χ1v) is 7.65. The van der Waals surface area contributed by atoms with Gasteiger partial charge < -0.3 is 15.2 Å². The molecule has 0 amide bonds. The zero-order valence-corrected chi connectivity index (χ0v) is 12.6. The summed E-state index contributed by atoms with van der Waals surface area (Å²) in [5, 5.41) is 13.7. The summed E-state index contributed by atoms with van der Waals surface area (Å²) in [6.45, 7) is 6.18. The van der Waals surface area contributed by atoms with E-state index in [4.69, 9.17) is 4.74 Å². The molecule has 0 unspecified atom stereocenters. The van der Waals surface area contributed by atoms with Crippen molar-refractivity contribution < 1.29 is 9.84 Å². The van der Waals surface area contributed by atoms with Crippen LogP contribution in [-0.4, -0.2) is 28.8 Å². The van der Waals surface area contributed by atoms with Gasteiger partial charge in [-0.05, 0) is 44.9 Å². The highest BCUT2D eigenvalue weighted by Gasteiger charge is 2.32. The second kappa shape index (κ2) is 7.04. The van der Waals surface area contributed by atoms with Gasteiger partial charge in [0.05, 0.1) is 11.3 Å². The number of aromatic nitrogens is 1. The molecule has 4 nitrogen and oxygen atoms in total. The van der Waals surface area contributed by atoms with E-state index < -0.39 is 5.60 Å². The van der Waals surface area contributed by atoms with Crippen LogP contribution in [0.5, 0.6) is 5.75 Å². The summed E-state index contributed by atoms with van der Waals surface area (Å²) in [4.78, 5) is 4.54. The lowest BCUT2D eigenvalue weighted by Crippen LogP contribution is -2.32. The highest BCUT2D eigenvalue weighted by Crippen LogP contribution is 2.30. The van der Waals surface area contributed by atoms with E-state index in [0.717, 1.165) is 55.8 Å². The van der Waals surface area contributed by atoms with Crippen LogP contribution in [0.2, 0.25) is 0 Å². The van der Waals surface area contributed by atoms with Crippen LogP contribution in [0.3, 0.4) is 0 Å². The molecule has 1 saturated carbocycles. The van der Waals surface area contributed by atoms with Crippen LogP contribution in [0.1, 0.15) is 50.4 Å². The van der Waals surface area contributed by atoms with Crippen molar-refractivity contribution in [2.24, 2.45) is 0 Å². The van der Waals surface area contributed by atoms with E-state index in [1.807, 2.05) is 19.1 Å². The molecule has 2 rings (SSSR count). The van der Waals surface area contributed by atoms with Crippen molar-refractivity contribution in [3.8, 4) is 5.75 Å². The van der Waals surface area contributed by atoms with Gasteiger partial charge in [-0.25, -0.2) is 0 Å². The maximum atomic E-state index is 10.4. The van der Waals surface area contributed by atoms with Gasteiger partial charge in [-0.3, -0.25) is 4.98 Å². The minimum Gasteiger partial charge on any atom is -0.489 e. The Morgan fingerprint density at radius 1 is 1.35 bits per heavy atom. The second-order valence-corrected chi connectivity index (χ2v) is 5.79. The molecule has 1 heterocycles. The Bertz CT molecular complexity index is 428. The molecule has 0 saturated heterocycles. The van der Waals surface area contributed by atoms with Crippen molar-refractivity contribution in [3.05, 3.63) is 23.5 Å². The predicted octanol–water partition coefficient (Wildman–Crippen LogP) is 2.57. The Kier molecular flexibility index (Phi) is 5.38. The molecule has 0 aromatic carbocycles. The van der Waals surface area contributed by atoms with E-state index >= 15 is 0 Å². The van der Waals surface area contributed by atoms with Gasteiger partial charge >= 0.3 is 0 Å². The molecule has 0 atom stereocenters. The monoisotopic (exact) mass is 278 g/mol. The van der Waals surface area contributed by atoms with Crippen molar-refractivity contribution in [3.63, 3.8) is 0 Å². The summed E-state index contributed by atoms with van der Waals surface area (Å²) in [5.74, 6) is 0.791. The Morgan fingerprint density at radius 2 is 2.10 bits per heavy atom. The van der Waals surface area contributed by atoms with Crippen molar-refractivity contribution in [2.75, 3.05) is 13.2 Å². The molecule has 0 spiro atoms. The SMILES string of the molecule is CCCNCc1nc(C)ccc1OCC1(O)CCCC1. The average molecular weight is 278 g/mol. The fourth-order valence-corrected chi connectivity index (χ4v) is 2.63. The van der Waals surface area contributed by atoms with Gasteiger partial charge in [-0.2, -0.15) is 0 Å². The number of aliphatic hydroxyl groups is 1. The third-order valence-electron chi connectivity index (χ3n) is 3.82. The van der Waals surface area contributed by atoms with Crippen molar-refractivity contribution in [1.29, 1.82) is 0 Å². The van der Waals surface area contributed by atoms with Crippen molar-refractivity contribution >= 4 is 0 Å². The smallest absolute Gasteiger partial charge is 0.142 e. The van der Waals surface area contributed by atoms with Gasteiger partial charge in [0.25, 0.3) is 0 Å². The van der Waals surface area contributed by atoms with Crippen LogP contribution in [-0.2, 0) is 6.54 Å². The van der Waals surface area contributed by atoms with Crippen LogP contribution in [0.15, 0.2) is 12.1 Å². The molecule has 20 heavy (non-hydrogen) atoms. The summed E-state index contributed by atoms with van der Waals surface area (Å²) in [5.41, 5.74) is 1.28. The fraction of sp³-hybridized carbons (Fsp3) is 0.688. The number of hydrogen-bond acceptors (Lipinski definition) is 4. The lowest BCUT2D eigenvalue weighted by Gasteiger charge is -2.23. The predicted molar refractivity (Wildman–Crippen MR) is 79.9 cm³/mol. The summed E-state index contributed by atoms with van der Waals surface area (Å²) in [6, 6.07) is 3.92. The van der Waals surface area contributed by atoms with E-state index in [-0.39, 0.29) is 0 Å². The number of ether oxygens (including phenoxy) is 1. The fourth-order valence-electron chi connectivity index (χ4n) is 2.63. The third kappa shape index (κ3) is 4.18. The van der Waals surface area contributed by atoms with E-state index in [1.165, 1.54) is 0 Å². The topological polar surface area (TPSA) is 54.4 Å². The second-order valence-electron chi connectivity index (χ2n) is 5.79. The largest absolute Gasteiger partial charge is 0.489 e. The molecule has 0 bridgehead atoms. The van der Waals surface area contributed by atoms with Gasteiger partial charge in [0.15, 0.2) is 0 Å². The van der Waals surface area contributed by atoms with Crippen LogP contribution >= 0.6 is 0 Å². The van der Waals surface area contributed by atoms with E-state index in [1.54, 1.807) is 0 Å². The van der Waals surface area contributed by atoms with Gasteiger partial charge in [0, 0.05) is 12.2 Å². The molecule has 1 aromatic heterocycles. The van der Waals surface area contributed by atoms with Gasteiger partial charge in [-0.1, -0.05) is 19.8 Å². The molecule has 1 aliphatic rings. The van der Waals surface area contributed by atoms with Crippen LogP contribution in [0.25, 0.3) is 0 Å². The van der Waals surface area contributed by atoms with Gasteiger partial charge in [0.2, 0.25) is 0 Å². The Morgan fingerprint density at radius 3 is 2.80 bits per heavy atom. The van der Waals surface area contributed by atoms with E-state index in [0.29, 0.717) is 13.2 Å². The summed E-state index contributed by atoms with van der Waals surface area (Å²) in [6.07, 6.45) is 4.97. The molecule has 1 fully saturated rings. The summed E-state index contributed by atoms with van der Waals surface area (Å²) in [7, 11) is 0. The molecule has 4 heteroatoms. The minimum absolute atomic E-state index is 0.374. The van der Waals surface area contributed by atoms with Gasteiger partial charge in [-0.15, -0.1) is 0 Å². The maximum absolute atomic E-state index is 10.4.